The zero-order chi connectivity index (χ0) is 19.8. The van der Waals surface area contributed by atoms with Crippen LogP contribution < -0.4 is 20.2 Å². The van der Waals surface area contributed by atoms with Gasteiger partial charge in [0.2, 0.25) is 0 Å². The van der Waals surface area contributed by atoms with E-state index in [1.165, 1.54) is 50.6 Å². The number of nitrogens with one attached hydrogen (secondary N) is 2. The average Bonchev–Trinajstić information content (AvgIpc) is 2.64. The number of ether oxygens (including phenoxy) is 2. The van der Waals surface area contributed by atoms with Crippen molar-refractivity contribution in [2.45, 2.75) is 13.0 Å². The van der Waals surface area contributed by atoms with E-state index in [2.05, 4.69) is 15.8 Å². The number of carboxylic acid groups (broad SMARTS) is 1. The van der Waals surface area contributed by atoms with Crippen molar-refractivity contribution in [3.63, 3.8) is 0 Å². The number of urea groups is 1. The van der Waals surface area contributed by atoms with Crippen molar-refractivity contribution < 1.29 is 28.6 Å². The summed E-state index contributed by atoms with van der Waals surface area (Å²) < 4.78 is 23.3. The number of carbonyl (C=O) groups excluding carboxylic acids is 1. The highest BCUT2D eigenvalue weighted by molar-refractivity contribution is 5.90. The van der Waals surface area contributed by atoms with Crippen molar-refractivity contribution in [1.82, 2.24) is 5.43 Å². The highest BCUT2D eigenvalue weighted by Crippen LogP contribution is 2.28. The van der Waals surface area contributed by atoms with Gasteiger partial charge in [0.15, 0.2) is 17.6 Å². The number of methoxy groups -OCH3 is 1. The molecule has 3 N–H and O–H groups in total. The molecule has 2 amide bonds. The summed E-state index contributed by atoms with van der Waals surface area (Å²) in [6.45, 7) is 1.40. The van der Waals surface area contributed by atoms with Gasteiger partial charge in [-0.15, -0.1) is 0 Å². The first-order valence-corrected chi connectivity index (χ1v) is 7.82. The predicted octanol–water partition coefficient (Wildman–Crippen LogP) is 2.84. The average molecular weight is 375 g/mol. The fourth-order valence-corrected chi connectivity index (χ4v) is 1.96. The summed E-state index contributed by atoms with van der Waals surface area (Å²) in [5.41, 5.74) is 3.27. The van der Waals surface area contributed by atoms with Crippen LogP contribution in [-0.4, -0.2) is 36.5 Å². The third-order valence-electron chi connectivity index (χ3n) is 3.32. The summed E-state index contributed by atoms with van der Waals surface area (Å²) in [6, 6.07) is 9.42. The van der Waals surface area contributed by atoms with Gasteiger partial charge in [0.1, 0.15) is 5.82 Å². The Labute approximate surface area is 154 Å². The van der Waals surface area contributed by atoms with Crippen molar-refractivity contribution in [3.05, 3.63) is 53.8 Å². The van der Waals surface area contributed by atoms with Crippen LogP contribution in [0.5, 0.6) is 11.5 Å². The lowest BCUT2D eigenvalue weighted by Gasteiger charge is -2.14. The normalized spacial score (nSPS) is 11.7. The number of benzene rings is 2. The Morgan fingerprint density at radius 3 is 2.52 bits per heavy atom. The van der Waals surface area contributed by atoms with Crippen LogP contribution in [0.4, 0.5) is 14.9 Å². The molecule has 0 aliphatic carbocycles. The molecule has 0 fully saturated rings. The molecule has 0 saturated carbocycles. The number of anilines is 1. The molecule has 2 rings (SSSR count). The van der Waals surface area contributed by atoms with Crippen LogP contribution in [0, 0.1) is 5.82 Å². The van der Waals surface area contributed by atoms with Gasteiger partial charge in [0, 0.05) is 5.69 Å². The van der Waals surface area contributed by atoms with Crippen molar-refractivity contribution in [3.8, 4) is 11.5 Å². The summed E-state index contributed by atoms with van der Waals surface area (Å²) in [5.74, 6) is -0.911. The standard InChI is InChI=1S/C18H18FN3O5/c1-11(17(23)24)27-15-8-3-12(9-16(15)26-2)10-20-22-18(25)21-14-6-4-13(19)5-7-14/h3-11H,1-2H3,(H,23,24)(H2,21,22,25)/b20-10+/t11-/m1/s1. The van der Waals surface area contributed by atoms with Gasteiger partial charge in [-0.25, -0.2) is 19.4 Å². The number of nitrogens with zero attached hydrogens (tertiary/aromatic N) is 1. The lowest BCUT2D eigenvalue weighted by molar-refractivity contribution is -0.144. The van der Waals surface area contributed by atoms with E-state index in [1.807, 2.05) is 0 Å². The Morgan fingerprint density at radius 2 is 1.89 bits per heavy atom. The number of carbonyl (C=O) groups is 2. The van der Waals surface area contributed by atoms with E-state index in [-0.39, 0.29) is 5.75 Å². The third kappa shape index (κ3) is 5.99. The molecule has 0 aliphatic heterocycles. The van der Waals surface area contributed by atoms with Gasteiger partial charge in [-0.3, -0.25) is 0 Å². The minimum atomic E-state index is -1.10. The van der Waals surface area contributed by atoms with Crippen LogP contribution in [-0.2, 0) is 4.79 Å². The number of aliphatic carboxylic acids is 1. The van der Waals surface area contributed by atoms with Crippen molar-refractivity contribution in [2.24, 2.45) is 5.10 Å². The van der Waals surface area contributed by atoms with Crippen LogP contribution in [0.1, 0.15) is 12.5 Å². The topological polar surface area (TPSA) is 109 Å². The minimum absolute atomic E-state index is 0.270. The Kier molecular flexibility index (Phi) is 6.70. The SMILES string of the molecule is COc1cc(/C=N/NC(=O)Nc2ccc(F)cc2)ccc1O[C@H](C)C(=O)O. The van der Waals surface area contributed by atoms with Gasteiger partial charge in [0.05, 0.1) is 13.3 Å². The molecule has 0 spiro atoms. The van der Waals surface area contributed by atoms with Crippen LogP contribution >= 0.6 is 0 Å². The molecular weight excluding hydrogens is 357 g/mol. The molecule has 27 heavy (non-hydrogen) atoms. The summed E-state index contributed by atoms with van der Waals surface area (Å²) in [7, 11) is 1.42. The molecule has 0 saturated heterocycles. The lowest BCUT2D eigenvalue weighted by Crippen LogP contribution is -2.24. The van der Waals surface area contributed by atoms with Gasteiger partial charge >= 0.3 is 12.0 Å². The van der Waals surface area contributed by atoms with Crippen LogP contribution in [0.25, 0.3) is 0 Å². The number of halogens is 1. The second kappa shape index (κ2) is 9.18. The zero-order valence-electron chi connectivity index (χ0n) is 14.6. The minimum Gasteiger partial charge on any atom is -0.493 e. The van der Waals surface area contributed by atoms with Crippen molar-refractivity contribution in [1.29, 1.82) is 0 Å². The molecule has 0 aromatic heterocycles. The second-order valence-electron chi connectivity index (χ2n) is 5.34. The van der Waals surface area contributed by atoms with E-state index in [9.17, 15) is 14.0 Å². The summed E-state index contributed by atoms with van der Waals surface area (Å²) in [6.07, 6.45) is 0.340. The Hall–Kier alpha value is -3.62. The fraction of sp³-hybridized carbons (Fsp3) is 0.167. The van der Waals surface area contributed by atoms with Crippen LogP contribution in [0.3, 0.4) is 0 Å². The largest absolute Gasteiger partial charge is 0.493 e. The number of rotatable bonds is 7. The van der Waals surface area contributed by atoms with E-state index in [0.29, 0.717) is 17.0 Å². The quantitative estimate of drug-likeness (QED) is 0.509. The number of carboxylic acids is 1. The van der Waals surface area contributed by atoms with Gasteiger partial charge in [-0.05, 0) is 55.0 Å². The van der Waals surface area contributed by atoms with E-state index in [0.717, 1.165) is 0 Å². The van der Waals surface area contributed by atoms with E-state index in [1.54, 1.807) is 12.1 Å². The Morgan fingerprint density at radius 1 is 1.19 bits per heavy atom. The monoisotopic (exact) mass is 375 g/mol. The molecule has 0 unspecified atom stereocenters. The molecule has 8 nitrogen and oxygen atoms in total. The van der Waals surface area contributed by atoms with E-state index in [4.69, 9.17) is 14.6 Å². The maximum absolute atomic E-state index is 12.8. The first kappa shape index (κ1) is 19.7. The molecule has 2 aromatic carbocycles. The molecule has 0 heterocycles. The Balaban J connectivity index is 1.96. The van der Waals surface area contributed by atoms with Gasteiger partial charge in [-0.2, -0.15) is 5.10 Å². The summed E-state index contributed by atoms with van der Waals surface area (Å²) in [4.78, 5) is 22.6. The van der Waals surface area contributed by atoms with E-state index < -0.39 is 23.9 Å². The smallest absolute Gasteiger partial charge is 0.344 e. The van der Waals surface area contributed by atoms with Crippen LogP contribution in [0.15, 0.2) is 47.6 Å². The Bertz CT molecular complexity index is 839. The molecule has 9 heteroatoms. The molecule has 0 bridgehead atoms. The highest BCUT2D eigenvalue weighted by Gasteiger charge is 2.15. The van der Waals surface area contributed by atoms with Crippen LogP contribution in [0.2, 0.25) is 0 Å². The second-order valence-corrected chi connectivity index (χ2v) is 5.34. The predicted molar refractivity (Wildman–Crippen MR) is 96.9 cm³/mol. The molecule has 142 valence electrons. The van der Waals surface area contributed by atoms with Gasteiger partial charge in [-0.1, -0.05) is 0 Å². The molecule has 1 atom stereocenters. The number of hydrogen-bond donors (Lipinski definition) is 3. The van der Waals surface area contributed by atoms with Crippen molar-refractivity contribution in [2.75, 3.05) is 12.4 Å². The fourth-order valence-electron chi connectivity index (χ4n) is 1.96. The maximum atomic E-state index is 12.8. The number of hydrogen-bond acceptors (Lipinski definition) is 5. The third-order valence-corrected chi connectivity index (χ3v) is 3.32. The van der Waals surface area contributed by atoms with Gasteiger partial charge in [0.25, 0.3) is 0 Å². The number of hydrazone groups is 1. The van der Waals surface area contributed by atoms with Crippen molar-refractivity contribution >= 4 is 23.9 Å². The summed E-state index contributed by atoms with van der Waals surface area (Å²) >= 11 is 0. The molecule has 0 radical (unpaired) electrons. The molecule has 0 aliphatic rings. The maximum Gasteiger partial charge on any atom is 0.344 e. The first-order chi connectivity index (χ1) is 12.9. The molecular formula is C18H18FN3O5. The summed E-state index contributed by atoms with van der Waals surface area (Å²) in [5, 5.41) is 15.2. The van der Waals surface area contributed by atoms with Gasteiger partial charge < -0.3 is 19.9 Å². The number of amides is 2. The highest BCUT2D eigenvalue weighted by atomic mass is 19.1. The van der Waals surface area contributed by atoms with E-state index >= 15 is 0 Å². The lowest BCUT2D eigenvalue weighted by atomic mass is 10.2. The zero-order valence-corrected chi connectivity index (χ0v) is 14.6. The molecule has 2 aromatic rings. The first-order valence-electron chi connectivity index (χ1n) is 7.82.